The van der Waals surface area contributed by atoms with Gasteiger partial charge in [0.15, 0.2) is 11.5 Å². The van der Waals surface area contributed by atoms with Crippen LogP contribution in [0, 0.1) is 6.92 Å². The van der Waals surface area contributed by atoms with E-state index in [-0.39, 0.29) is 11.7 Å². The highest BCUT2D eigenvalue weighted by molar-refractivity contribution is 7.21. The van der Waals surface area contributed by atoms with Gasteiger partial charge in [0, 0.05) is 24.7 Å². The topological polar surface area (TPSA) is 83.5 Å². The Kier molecular flexibility index (Phi) is 5.27. The fourth-order valence-corrected chi connectivity index (χ4v) is 3.90. The van der Waals surface area contributed by atoms with E-state index in [1.807, 2.05) is 25.1 Å². The number of carbonyl (C=O) groups excluding carboxylic acids is 1. The van der Waals surface area contributed by atoms with Gasteiger partial charge in [0.1, 0.15) is 9.71 Å². The number of aryl methyl sites for hydroxylation is 1. The number of rotatable bonds is 6. The maximum absolute atomic E-state index is 12.6. The third-order valence-corrected chi connectivity index (χ3v) is 5.19. The Bertz CT molecular complexity index is 953. The number of amides is 1. The normalized spacial score (nSPS) is 10.7. The van der Waals surface area contributed by atoms with Crippen molar-refractivity contribution < 1.29 is 14.6 Å². The molecule has 0 atom stereocenters. The van der Waals surface area contributed by atoms with E-state index in [1.165, 1.54) is 18.4 Å². The molecule has 3 N–H and O–H groups in total. The zero-order valence-corrected chi connectivity index (χ0v) is 15.7. The maximum atomic E-state index is 12.6. The number of phenolic OH excluding ortho intramolecular Hbond substituents is 1. The number of nitrogens with one attached hydrogen (secondary N) is 2. The predicted molar refractivity (Wildman–Crippen MR) is 105 cm³/mol. The second-order valence-electron chi connectivity index (χ2n) is 5.87. The summed E-state index contributed by atoms with van der Waals surface area (Å²) in [6, 6.07) is 9.10. The van der Waals surface area contributed by atoms with E-state index in [4.69, 9.17) is 4.74 Å². The number of ether oxygens (including phenoxy) is 1. The second kappa shape index (κ2) is 7.61. The summed E-state index contributed by atoms with van der Waals surface area (Å²) in [7, 11) is 3.32. The number of hydrogen-bond acceptors (Lipinski definition) is 6. The first-order valence-electron chi connectivity index (χ1n) is 8.25. The van der Waals surface area contributed by atoms with Crippen LogP contribution in [-0.4, -0.2) is 36.7 Å². The summed E-state index contributed by atoms with van der Waals surface area (Å²) in [5, 5.41) is 16.7. The first-order chi connectivity index (χ1) is 12.5. The fraction of sp³-hybridized carbons (Fsp3) is 0.263. The molecule has 6 nitrogen and oxygen atoms in total. The van der Waals surface area contributed by atoms with Gasteiger partial charge in [-0.15, -0.1) is 11.3 Å². The van der Waals surface area contributed by atoms with Crippen LogP contribution in [0.15, 0.2) is 30.3 Å². The van der Waals surface area contributed by atoms with Crippen LogP contribution in [0.4, 0.5) is 5.69 Å². The number of thiophene rings is 1. The van der Waals surface area contributed by atoms with Crippen molar-refractivity contribution in [3.63, 3.8) is 0 Å². The van der Waals surface area contributed by atoms with Gasteiger partial charge in [-0.1, -0.05) is 6.07 Å². The Labute approximate surface area is 155 Å². The first kappa shape index (κ1) is 18.0. The average molecular weight is 371 g/mol. The Hall–Kier alpha value is -2.80. The Morgan fingerprint density at radius 2 is 2.12 bits per heavy atom. The van der Waals surface area contributed by atoms with Gasteiger partial charge >= 0.3 is 0 Å². The SMILES string of the molecule is CNc1c(C(=O)NCCc2ccc(O)c(OC)c2)sc2nc(C)ccc12. The zero-order valence-electron chi connectivity index (χ0n) is 14.9. The molecule has 7 heteroatoms. The number of carbonyl (C=O) groups is 1. The highest BCUT2D eigenvalue weighted by atomic mass is 32.1. The van der Waals surface area contributed by atoms with E-state index in [1.54, 1.807) is 19.2 Å². The molecule has 26 heavy (non-hydrogen) atoms. The minimum atomic E-state index is -0.124. The molecule has 1 aromatic carbocycles. The van der Waals surface area contributed by atoms with Crippen LogP contribution in [0.1, 0.15) is 20.9 Å². The molecule has 0 aliphatic heterocycles. The molecule has 0 saturated heterocycles. The number of aromatic nitrogens is 1. The van der Waals surface area contributed by atoms with E-state index in [0.717, 1.165) is 27.2 Å². The molecule has 0 spiro atoms. The summed E-state index contributed by atoms with van der Waals surface area (Å²) in [5.74, 6) is 0.407. The van der Waals surface area contributed by atoms with Crippen LogP contribution < -0.4 is 15.4 Å². The lowest BCUT2D eigenvalue weighted by atomic mass is 10.1. The fourth-order valence-electron chi connectivity index (χ4n) is 2.76. The minimum absolute atomic E-state index is 0.104. The molecule has 0 saturated carbocycles. The van der Waals surface area contributed by atoms with Crippen LogP contribution in [0.25, 0.3) is 10.2 Å². The van der Waals surface area contributed by atoms with E-state index in [9.17, 15) is 9.90 Å². The number of hydrogen-bond donors (Lipinski definition) is 3. The number of methoxy groups -OCH3 is 1. The highest BCUT2D eigenvalue weighted by Gasteiger charge is 2.18. The third-order valence-electron chi connectivity index (χ3n) is 4.09. The van der Waals surface area contributed by atoms with E-state index in [0.29, 0.717) is 23.6 Å². The molecule has 0 fully saturated rings. The number of anilines is 1. The third kappa shape index (κ3) is 3.57. The smallest absolute Gasteiger partial charge is 0.263 e. The standard InChI is InChI=1S/C19H21N3O3S/c1-11-4-6-13-16(20-2)17(26-19(13)22-11)18(24)21-9-8-12-5-7-14(23)15(10-12)25-3/h4-7,10,20,23H,8-9H2,1-3H3,(H,21,24). The van der Waals surface area contributed by atoms with Gasteiger partial charge in [0.05, 0.1) is 12.8 Å². The molecule has 0 unspecified atom stereocenters. The molecule has 2 aromatic heterocycles. The van der Waals surface area contributed by atoms with Crippen LogP contribution in [0.3, 0.4) is 0 Å². The monoisotopic (exact) mass is 371 g/mol. The van der Waals surface area contributed by atoms with Crippen molar-refractivity contribution in [3.05, 3.63) is 46.5 Å². The lowest BCUT2D eigenvalue weighted by Gasteiger charge is -2.08. The first-order valence-corrected chi connectivity index (χ1v) is 9.07. The van der Waals surface area contributed by atoms with Gasteiger partial charge in [-0.05, 0) is 43.2 Å². The van der Waals surface area contributed by atoms with Crippen molar-refractivity contribution >= 4 is 33.1 Å². The summed E-state index contributed by atoms with van der Waals surface area (Å²) in [6.45, 7) is 2.42. The second-order valence-corrected chi connectivity index (χ2v) is 6.87. The molecule has 0 bridgehead atoms. The largest absolute Gasteiger partial charge is 0.504 e. The van der Waals surface area contributed by atoms with Crippen molar-refractivity contribution in [2.45, 2.75) is 13.3 Å². The summed E-state index contributed by atoms with van der Waals surface area (Å²) in [4.78, 5) is 18.6. The lowest BCUT2D eigenvalue weighted by molar-refractivity contribution is 0.0959. The molecule has 0 aliphatic carbocycles. The summed E-state index contributed by atoms with van der Waals surface area (Å²) >= 11 is 1.39. The Morgan fingerprint density at radius 1 is 1.31 bits per heavy atom. The van der Waals surface area contributed by atoms with E-state index < -0.39 is 0 Å². The lowest BCUT2D eigenvalue weighted by Crippen LogP contribution is -2.25. The molecule has 3 aromatic rings. The van der Waals surface area contributed by atoms with Crippen molar-refractivity contribution in [2.24, 2.45) is 0 Å². The van der Waals surface area contributed by atoms with Crippen molar-refractivity contribution in [1.82, 2.24) is 10.3 Å². The molecule has 0 radical (unpaired) electrons. The number of fused-ring (bicyclic) bond motifs is 1. The molecule has 0 aliphatic rings. The van der Waals surface area contributed by atoms with Crippen molar-refractivity contribution in [3.8, 4) is 11.5 Å². The summed E-state index contributed by atoms with van der Waals surface area (Å²) in [5.41, 5.74) is 2.71. The van der Waals surface area contributed by atoms with Crippen LogP contribution >= 0.6 is 11.3 Å². The van der Waals surface area contributed by atoms with Gasteiger partial charge in [-0.3, -0.25) is 4.79 Å². The summed E-state index contributed by atoms with van der Waals surface area (Å²) < 4.78 is 5.11. The van der Waals surface area contributed by atoms with E-state index >= 15 is 0 Å². The van der Waals surface area contributed by atoms with Gasteiger partial charge < -0.3 is 20.5 Å². The van der Waals surface area contributed by atoms with Crippen LogP contribution in [0.5, 0.6) is 11.5 Å². The minimum Gasteiger partial charge on any atom is -0.504 e. The molecule has 3 rings (SSSR count). The molecule has 2 heterocycles. The van der Waals surface area contributed by atoms with Crippen LogP contribution in [0.2, 0.25) is 0 Å². The number of aromatic hydroxyl groups is 1. The van der Waals surface area contributed by atoms with Gasteiger partial charge in [-0.2, -0.15) is 0 Å². The molecule has 1 amide bonds. The van der Waals surface area contributed by atoms with Gasteiger partial charge in [0.2, 0.25) is 0 Å². The van der Waals surface area contributed by atoms with Crippen molar-refractivity contribution in [1.29, 1.82) is 0 Å². The number of nitrogens with zero attached hydrogens (tertiary/aromatic N) is 1. The van der Waals surface area contributed by atoms with Crippen molar-refractivity contribution in [2.75, 3.05) is 26.0 Å². The van der Waals surface area contributed by atoms with Crippen LogP contribution in [-0.2, 0) is 6.42 Å². The summed E-state index contributed by atoms with van der Waals surface area (Å²) in [6.07, 6.45) is 0.638. The maximum Gasteiger partial charge on any atom is 0.263 e. The van der Waals surface area contributed by atoms with E-state index in [2.05, 4.69) is 15.6 Å². The highest BCUT2D eigenvalue weighted by Crippen LogP contribution is 2.34. The molecular formula is C19H21N3O3S. The average Bonchev–Trinajstić information content (AvgIpc) is 3.00. The van der Waals surface area contributed by atoms with Gasteiger partial charge in [0.25, 0.3) is 5.91 Å². The Balaban J connectivity index is 1.71. The number of benzene rings is 1. The number of phenols is 1. The Morgan fingerprint density at radius 3 is 2.85 bits per heavy atom. The predicted octanol–water partition coefficient (Wildman–Crippen LogP) is 3.33. The quantitative estimate of drug-likeness (QED) is 0.619. The molecular weight excluding hydrogens is 350 g/mol. The zero-order chi connectivity index (χ0) is 18.7. The number of pyridine rings is 1. The molecule has 136 valence electrons. The van der Waals surface area contributed by atoms with Gasteiger partial charge in [-0.25, -0.2) is 4.98 Å².